The van der Waals surface area contributed by atoms with Gasteiger partial charge in [0, 0.05) is 32.8 Å². The lowest BCUT2D eigenvalue weighted by Gasteiger charge is -2.21. The van der Waals surface area contributed by atoms with Crippen molar-refractivity contribution >= 4 is 16.0 Å². The molecule has 8 heteroatoms. The van der Waals surface area contributed by atoms with Crippen molar-refractivity contribution in [2.45, 2.75) is 58.0 Å². The zero-order valence-electron chi connectivity index (χ0n) is 15.1. The summed E-state index contributed by atoms with van der Waals surface area (Å²) in [6.07, 6.45) is 9.60. The van der Waals surface area contributed by atoms with Crippen LogP contribution in [0.3, 0.4) is 0 Å². The molecule has 0 heterocycles. The summed E-state index contributed by atoms with van der Waals surface area (Å²) in [4.78, 5) is 4.52. The molecule has 0 aromatic rings. The lowest BCUT2D eigenvalue weighted by Crippen LogP contribution is -2.38. The molecule has 0 unspecified atom stereocenters. The molecule has 0 saturated heterocycles. The SMILES string of the molecule is CCNC(=NCCCOC1CCCCC1)NCCCNS(C)(=O)=O. The molecule has 1 fully saturated rings. The standard InChI is InChI=1S/C16H34N4O3S/c1-3-17-16(18-11-7-13-20-24(2,21)22)19-12-8-14-23-15-9-5-4-6-10-15/h15,20H,3-14H2,1-2H3,(H2,17,18,19). The van der Waals surface area contributed by atoms with Crippen LogP contribution in [0.1, 0.15) is 51.9 Å². The number of aliphatic imine (C=N–C) groups is 1. The molecular formula is C16H34N4O3S. The Bertz CT molecular complexity index is 448. The molecule has 0 aliphatic heterocycles. The fourth-order valence-electron chi connectivity index (χ4n) is 2.63. The highest BCUT2D eigenvalue weighted by Crippen LogP contribution is 2.20. The molecule has 1 saturated carbocycles. The topological polar surface area (TPSA) is 91.8 Å². The van der Waals surface area contributed by atoms with E-state index in [1.54, 1.807) is 0 Å². The van der Waals surface area contributed by atoms with Gasteiger partial charge < -0.3 is 15.4 Å². The molecule has 1 aliphatic rings. The van der Waals surface area contributed by atoms with Crippen LogP contribution in [0.25, 0.3) is 0 Å². The monoisotopic (exact) mass is 362 g/mol. The van der Waals surface area contributed by atoms with Crippen molar-refractivity contribution in [3.8, 4) is 0 Å². The van der Waals surface area contributed by atoms with Gasteiger partial charge in [0.15, 0.2) is 5.96 Å². The van der Waals surface area contributed by atoms with Crippen molar-refractivity contribution in [1.82, 2.24) is 15.4 Å². The van der Waals surface area contributed by atoms with Crippen LogP contribution in [0.2, 0.25) is 0 Å². The summed E-state index contributed by atoms with van der Waals surface area (Å²) < 4.78 is 30.3. The van der Waals surface area contributed by atoms with E-state index in [0.29, 0.717) is 25.6 Å². The summed E-state index contributed by atoms with van der Waals surface area (Å²) in [7, 11) is -3.10. The second-order valence-electron chi connectivity index (χ2n) is 6.19. The Labute approximate surface area is 147 Å². The van der Waals surface area contributed by atoms with Gasteiger partial charge in [-0.1, -0.05) is 19.3 Å². The fourth-order valence-corrected chi connectivity index (χ4v) is 3.15. The molecule has 1 rings (SSSR count). The molecule has 1 aliphatic carbocycles. The third-order valence-corrected chi connectivity index (χ3v) is 4.56. The van der Waals surface area contributed by atoms with Crippen LogP contribution in [0, 0.1) is 0 Å². The molecule has 0 bridgehead atoms. The van der Waals surface area contributed by atoms with Crippen molar-refractivity contribution in [3.05, 3.63) is 0 Å². The summed E-state index contributed by atoms with van der Waals surface area (Å²) in [6, 6.07) is 0. The van der Waals surface area contributed by atoms with Crippen LogP contribution >= 0.6 is 0 Å². The van der Waals surface area contributed by atoms with Crippen LogP contribution in [0.15, 0.2) is 4.99 Å². The largest absolute Gasteiger partial charge is 0.378 e. The maximum atomic E-state index is 11.0. The van der Waals surface area contributed by atoms with Gasteiger partial charge >= 0.3 is 0 Å². The summed E-state index contributed by atoms with van der Waals surface area (Å²) >= 11 is 0. The minimum Gasteiger partial charge on any atom is -0.378 e. The Morgan fingerprint density at radius 1 is 1.12 bits per heavy atom. The first-order valence-corrected chi connectivity index (χ1v) is 11.0. The fraction of sp³-hybridized carbons (Fsp3) is 0.938. The lowest BCUT2D eigenvalue weighted by atomic mass is 9.98. The third kappa shape index (κ3) is 11.6. The molecule has 7 nitrogen and oxygen atoms in total. The van der Waals surface area contributed by atoms with Crippen molar-refractivity contribution in [3.63, 3.8) is 0 Å². The van der Waals surface area contributed by atoms with E-state index in [9.17, 15) is 8.42 Å². The van der Waals surface area contributed by atoms with E-state index < -0.39 is 10.0 Å². The van der Waals surface area contributed by atoms with E-state index in [4.69, 9.17) is 4.74 Å². The molecule has 0 radical (unpaired) electrons. The number of nitrogens with zero attached hydrogens (tertiary/aromatic N) is 1. The van der Waals surface area contributed by atoms with Crippen LogP contribution in [0.5, 0.6) is 0 Å². The highest BCUT2D eigenvalue weighted by molar-refractivity contribution is 7.88. The average Bonchev–Trinajstić information content (AvgIpc) is 2.54. The number of ether oxygens (including phenoxy) is 1. The third-order valence-electron chi connectivity index (χ3n) is 3.83. The molecule has 3 N–H and O–H groups in total. The van der Waals surface area contributed by atoms with Gasteiger partial charge in [-0.2, -0.15) is 0 Å². The van der Waals surface area contributed by atoms with Gasteiger partial charge in [-0.15, -0.1) is 0 Å². The summed E-state index contributed by atoms with van der Waals surface area (Å²) in [5.74, 6) is 0.773. The molecule has 0 aromatic heterocycles. The van der Waals surface area contributed by atoms with Gasteiger partial charge in [0.1, 0.15) is 0 Å². The van der Waals surface area contributed by atoms with Crippen LogP contribution < -0.4 is 15.4 Å². The van der Waals surface area contributed by atoms with E-state index in [1.807, 2.05) is 6.92 Å². The van der Waals surface area contributed by atoms with Crippen LogP contribution in [-0.2, 0) is 14.8 Å². The lowest BCUT2D eigenvalue weighted by molar-refractivity contribution is 0.0281. The molecular weight excluding hydrogens is 328 g/mol. The zero-order chi connectivity index (χ0) is 17.7. The summed E-state index contributed by atoms with van der Waals surface area (Å²) in [6.45, 7) is 5.42. The van der Waals surface area contributed by atoms with E-state index in [0.717, 1.165) is 32.1 Å². The minimum atomic E-state index is -3.10. The van der Waals surface area contributed by atoms with Gasteiger partial charge in [-0.3, -0.25) is 4.99 Å². The number of rotatable bonds is 11. The highest BCUT2D eigenvalue weighted by atomic mass is 32.2. The van der Waals surface area contributed by atoms with Crippen molar-refractivity contribution in [2.75, 3.05) is 39.0 Å². The van der Waals surface area contributed by atoms with Crippen molar-refractivity contribution < 1.29 is 13.2 Å². The van der Waals surface area contributed by atoms with E-state index in [-0.39, 0.29) is 0 Å². The smallest absolute Gasteiger partial charge is 0.208 e. The van der Waals surface area contributed by atoms with E-state index in [2.05, 4.69) is 20.3 Å². The van der Waals surface area contributed by atoms with Crippen LogP contribution in [-0.4, -0.2) is 59.5 Å². The number of guanidine groups is 1. The molecule has 24 heavy (non-hydrogen) atoms. The van der Waals surface area contributed by atoms with Gasteiger partial charge in [-0.25, -0.2) is 13.1 Å². The zero-order valence-corrected chi connectivity index (χ0v) is 16.0. The molecule has 0 amide bonds. The second-order valence-corrected chi connectivity index (χ2v) is 8.02. The Balaban J connectivity index is 2.12. The van der Waals surface area contributed by atoms with E-state index in [1.165, 1.54) is 38.4 Å². The first kappa shape index (κ1) is 21.2. The molecule has 0 atom stereocenters. The van der Waals surface area contributed by atoms with Gasteiger partial charge in [0.2, 0.25) is 10.0 Å². The average molecular weight is 363 g/mol. The Kier molecular flexibility index (Phi) is 11.0. The van der Waals surface area contributed by atoms with Crippen molar-refractivity contribution in [1.29, 1.82) is 0 Å². The summed E-state index contributed by atoms with van der Waals surface area (Å²) in [5, 5.41) is 6.40. The second kappa shape index (κ2) is 12.5. The Hall–Kier alpha value is -0.860. The first-order valence-electron chi connectivity index (χ1n) is 9.09. The predicted molar refractivity (Wildman–Crippen MR) is 98.9 cm³/mol. The summed E-state index contributed by atoms with van der Waals surface area (Å²) in [5.41, 5.74) is 0. The molecule has 0 aromatic carbocycles. The quantitative estimate of drug-likeness (QED) is 0.292. The van der Waals surface area contributed by atoms with Crippen molar-refractivity contribution in [2.24, 2.45) is 4.99 Å². The Morgan fingerprint density at radius 2 is 1.88 bits per heavy atom. The number of sulfonamides is 1. The Morgan fingerprint density at radius 3 is 2.54 bits per heavy atom. The predicted octanol–water partition coefficient (Wildman–Crippen LogP) is 1.22. The molecule has 0 spiro atoms. The number of hydrogen-bond donors (Lipinski definition) is 3. The molecule has 142 valence electrons. The van der Waals surface area contributed by atoms with Crippen LogP contribution in [0.4, 0.5) is 0 Å². The number of nitrogens with one attached hydrogen (secondary N) is 3. The van der Waals surface area contributed by atoms with Gasteiger partial charge in [0.25, 0.3) is 0 Å². The normalized spacial score (nSPS) is 17.0. The van der Waals surface area contributed by atoms with Gasteiger partial charge in [-0.05, 0) is 32.6 Å². The first-order chi connectivity index (χ1) is 11.5. The maximum absolute atomic E-state index is 11.0. The minimum absolute atomic E-state index is 0.431. The number of hydrogen-bond acceptors (Lipinski definition) is 4. The van der Waals surface area contributed by atoms with E-state index >= 15 is 0 Å². The van der Waals surface area contributed by atoms with Gasteiger partial charge in [0.05, 0.1) is 12.4 Å². The maximum Gasteiger partial charge on any atom is 0.208 e. The highest BCUT2D eigenvalue weighted by Gasteiger charge is 2.12.